The molecule has 4 aromatic carbocycles. The smallest absolute Gasteiger partial charge is 0.272 e. The first-order valence-corrected chi connectivity index (χ1v) is 14.0. The van der Waals surface area contributed by atoms with E-state index in [9.17, 15) is 19.2 Å². The van der Waals surface area contributed by atoms with Gasteiger partial charge < -0.3 is 10.6 Å². The van der Waals surface area contributed by atoms with Crippen LogP contribution in [0.1, 0.15) is 36.6 Å². The third-order valence-electron chi connectivity index (χ3n) is 6.04. The molecular weight excluding hydrogens is 590 g/mol. The normalized spacial score (nSPS) is 12.7. The number of nitrogens with one attached hydrogen (secondary N) is 2. The van der Waals surface area contributed by atoms with Gasteiger partial charge in [-0.25, -0.2) is 0 Å². The van der Waals surface area contributed by atoms with Gasteiger partial charge in [0.2, 0.25) is 0 Å². The van der Waals surface area contributed by atoms with Gasteiger partial charge >= 0.3 is 0 Å². The zero-order chi connectivity index (χ0) is 28.1. The number of thioether (sulfide) groups is 1. The number of halogens is 1. The number of anilines is 1. The second kappa shape index (κ2) is 12.1. The summed E-state index contributed by atoms with van der Waals surface area (Å²) in [6.45, 7) is 0. The monoisotopic (exact) mass is 611 g/mol. The van der Waals surface area contributed by atoms with Crippen LogP contribution in [0.15, 0.2) is 118 Å². The minimum Gasteiger partial charge on any atom is -0.321 e. The predicted molar refractivity (Wildman–Crippen MR) is 159 cm³/mol. The molecule has 0 aliphatic carbocycles. The number of rotatable bonds is 8. The number of nitrogens with zero attached hydrogens (tertiary/aromatic N) is 1. The molecule has 1 heterocycles. The molecule has 0 spiro atoms. The highest BCUT2D eigenvalue weighted by molar-refractivity contribution is 9.10. The average molecular weight is 613 g/mol. The summed E-state index contributed by atoms with van der Waals surface area (Å²) < 4.78 is 0.838. The van der Waals surface area contributed by atoms with E-state index in [1.54, 1.807) is 78.9 Å². The molecule has 7 nitrogen and oxygen atoms in total. The largest absolute Gasteiger partial charge is 0.321 e. The number of imide groups is 1. The van der Waals surface area contributed by atoms with E-state index in [1.165, 1.54) is 16.7 Å². The Morgan fingerprint density at radius 3 is 2.10 bits per heavy atom. The Bertz CT molecular complexity index is 1600. The molecule has 0 bridgehead atoms. The minimum atomic E-state index is -0.490. The second-order valence-corrected chi connectivity index (χ2v) is 10.7. The highest BCUT2D eigenvalue weighted by Crippen LogP contribution is 2.28. The molecule has 0 fully saturated rings. The van der Waals surface area contributed by atoms with E-state index in [0.717, 1.165) is 14.9 Å². The molecule has 0 unspecified atom stereocenters. The maximum Gasteiger partial charge on any atom is 0.272 e. The molecule has 0 saturated carbocycles. The highest BCUT2D eigenvalue weighted by atomic mass is 79.9. The second-order valence-electron chi connectivity index (χ2n) is 8.77. The van der Waals surface area contributed by atoms with Gasteiger partial charge in [0.15, 0.2) is 0 Å². The SMILES string of the molecule is O=C(Nc1ccc(SCN2C(=O)c3ccccc3C2=O)cc1)/C(=C/c1cccc(Br)c1)NC(=O)c1ccccc1. The van der Waals surface area contributed by atoms with Crippen molar-refractivity contribution in [3.63, 3.8) is 0 Å². The Kier molecular flexibility index (Phi) is 8.23. The van der Waals surface area contributed by atoms with Crippen molar-refractivity contribution in [1.82, 2.24) is 10.2 Å². The molecule has 40 heavy (non-hydrogen) atoms. The van der Waals surface area contributed by atoms with Gasteiger partial charge in [0.25, 0.3) is 23.6 Å². The Morgan fingerprint density at radius 2 is 1.45 bits per heavy atom. The molecule has 4 aromatic rings. The van der Waals surface area contributed by atoms with E-state index < -0.39 is 11.8 Å². The van der Waals surface area contributed by atoms with Crippen LogP contribution in [-0.2, 0) is 4.79 Å². The summed E-state index contributed by atoms with van der Waals surface area (Å²) in [6.07, 6.45) is 1.60. The summed E-state index contributed by atoms with van der Waals surface area (Å²) in [4.78, 5) is 53.3. The van der Waals surface area contributed by atoms with Gasteiger partial charge in [-0.3, -0.25) is 24.1 Å². The van der Waals surface area contributed by atoms with Gasteiger partial charge in [-0.2, -0.15) is 0 Å². The number of fused-ring (bicyclic) bond motifs is 1. The highest BCUT2D eigenvalue weighted by Gasteiger charge is 2.34. The number of amides is 4. The fraction of sp³-hybridized carbons (Fsp3) is 0.0323. The summed E-state index contributed by atoms with van der Waals surface area (Å²) in [6, 6.07) is 29.8. The van der Waals surface area contributed by atoms with E-state index in [1.807, 2.05) is 30.3 Å². The average Bonchev–Trinajstić information content (AvgIpc) is 3.21. The van der Waals surface area contributed by atoms with Crippen LogP contribution in [-0.4, -0.2) is 34.4 Å². The van der Waals surface area contributed by atoms with Crippen molar-refractivity contribution in [2.75, 3.05) is 11.2 Å². The summed E-state index contributed by atoms with van der Waals surface area (Å²) in [5, 5.41) is 5.54. The van der Waals surface area contributed by atoms with Gasteiger partial charge in [-0.05, 0) is 72.3 Å². The van der Waals surface area contributed by atoms with Crippen LogP contribution in [0.4, 0.5) is 5.69 Å². The van der Waals surface area contributed by atoms with Crippen LogP contribution >= 0.6 is 27.7 Å². The number of hydrogen-bond acceptors (Lipinski definition) is 5. The number of carbonyl (C=O) groups excluding carboxylic acids is 4. The Balaban J connectivity index is 1.26. The lowest BCUT2D eigenvalue weighted by molar-refractivity contribution is -0.113. The van der Waals surface area contributed by atoms with Gasteiger partial charge in [0, 0.05) is 20.6 Å². The fourth-order valence-electron chi connectivity index (χ4n) is 4.03. The molecule has 0 aromatic heterocycles. The van der Waals surface area contributed by atoms with Gasteiger partial charge in [-0.1, -0.05) is 58.4 Å². The first-order valence-electron chi connectivity index (χ1n) is 12.2. The molecule has 1 aliphatic rings. The number of hydrogen-bond donors (Lipinski definition) is 2. The maximum absolute atomic E-state index is 13.2. The molecular formula is C31H22BrN3O4S. The fourth-order valence-corrected chi connectivity index (χ4v) is 5.29. The Labute approximate surface area is 243 Å². The topological polar surface area (TPSA) is 95.6 Å². The van der Waals surface area contributed by atoms with E-state index in [-0.39, 0.29) is 23.4 Å². The van der Waals surface area contributed by atoms with Gasteiger partial charge in [0.1, 0.15) is 5.70 Å². The Hall–Kier alpha value is -4.47. The minimum absolute atomic E-state index is 0.0797. The molecule has 0 atom stereocenters. The molecule has 4 amide bonds. The van der Waals surface area contributed by atoms with Crippen LogP contribution < -0.4 is 10.6 Å². The maximum atomic E-state index is 13.2. The van der Waals surface area contributed by atoms with Crippen molar-refractivity contribution in [3.8, 4) is 0 Å². The predicted octanol–water partition coefficient (Wildman–Crippen LogP) is 6.20. The van der Waals surface area contributed by atoms with Crippen molar-refractivity contribution in [3.05, 3.63) is 136 Å². The molecule has 1 aliphatic heterocycles. The van der Waals surface area contributed by atoms with Gasteiger partial charge in [0.05, 0.1) is 17.0 Å². The first kappa shape index (κ1) is 27.1. The van der Waals surface area contributed by atoms with Crippen LogP contribution in [0.25, 0.3) is 6.08 Å². The van der Waals surface area contributed by atoms with Crippen molar-refractivity contribution in [1.29, 1.82) is 0 Å². The summed E-state index contributed by atoms with van der Waals surface area (Å²) in [5.41, 5.74) is 2.58. The third kappa shape index (κ3) is 6.22. The lowest BCUT2D eigenvalue weighted by Crippen LogP contribution is -2.30. The van der Waals surface area contributed by atoms with E-state index in [4.69, 9.17) is 0 Å². The van der Waals surface area contributed by atoms with Crippen LogP contribution in [0, 0.1) is 0 Å². The third-order valence-corrected chi connectivity index (χ3v) is 7.53. The molecule has 0 saturated heterocycles. The summed E-state index contributed by atoms with van der Waals surface area (Å²) >= 11 is 4.76. The zero-order valence-electron chi connectivity index (χ0n) is 21.0. The van der Waals surface area contributed by atoms with E-state index in [2.05, 4.69) is 26.6 Å². The van der Waals surface area contributed by atoms with Crippen LogP contribution in [0.2, 0.25) is 0 Å². The standard InChI is InChI=1S/C31H22BrN3O4S/c32-22-10-6-7-20(17-22)18-27(34-28(36)21-8-2-1-3-9-21)29(37)33-23-13-15-24(16-14-23)40-19-35-30(38)25-11-4-5-12-26(25)31(35)39/h1-18H,19H2,(H,33,37)(H,34,36)/b27-18-. The van der Waals surface area contributed by atoms with Crippen LogP contribution in [0.3, 0.4) is 0 Å². The number of benzene rings is 4. The van der Waals surface area contributed by atoms with Crippen molar-refractivity contribution < 1.29 is 19.2 Å². The summed E-state index contributed by atoms with van der Waals surface area (Å²) in [5.74, 6) is -1.34. The van der Waals surface area contributed by atoms with Crippen molar-refractivity contribution in [2.45, 2.75) is 4.90 Å². The van der Waals surface area contributed by atoms with Crippen LogP contribution in [0.5, 0.6) is 0 Å². The molecule has 2 N–H and O–H groups in total. The molecule has 0 radical (unpaired) electrons. The van der Waals surface area contributed by atoms with Crippen molar-refractivity contribution >= 4 is 63.1 Å². The molecule has 9 heteroatoms. The van der Waals surface area contributed by atoms with E-state index in [0.29, 0.717) is 22.4 Å². The molecule has 5 rings (SSSR count). The molecule has 198 valence electrons. The zero-order valence-corrected chi connectivity index (χ0v) is 23.4. The number of carbonyl (C=O) groups is 4. The first-order chi connectivity index (χ1) is 19.4. The van der Waals surface area contributed by atoms with E-state index >= 15 is 0 Å². The lowest BCUT2D eigenvalue weighted by Gasteiger charge is -2.14. The quantitative estimate of drug-likeness (QED) is 0.140. The van der Waals surface area contributed by atoms with Crippen molar-refractivity contribution in [2.24, 2.45) is 0 Å². The Morgan fingerprint density at radius 1 is 0.800 bits per heavy atom. The van der Waals surface area contributed by atoms with Gasteiger partial charge in [-0.15, -0.1) is 11.8 Å². The lowest BCUT2D eigenvalue weighted by atomic mass is 10.1. The summed E-state index contributed by atoms with van der Waals surface area (Å²) in [7, 11) is 0.